The fourth-order valence-electron chi connectivity index (χ4n) is 3.66. The van der Waals surface area contributed by atoms with Gasteiger partial charge in [-0.25, -0.2) is 13.8 Å². The zero-order chi connectivity index (χ0) is 21.1. The van der Waals surface area contributed by atoms with Gasteiger partial charge in [-0.3, -0.25) is 10.2 Å². The summed E-state index contributed by atoms with van der Waals surface area (Å²) in [6.45, 7) is 0.635. The number of rotatable bonds is 6. The normalized spacial score (nSPS) is 19.8. The van der Waals surface area contributed by atoms with Crippen molar-refractivity contribution in [1.29, 1.82) is 0 Å². The molecule has 0 radical (unpaired) electrons. The maximum atomic E-state index is 13.3. The minimum absolute atomic E-state index is 0.179. The molecule has 0 bridgehead atoms. The first-order chi connectivity index (χ1) is 14.4. The lowest BCUT2D eigenvalue weighted by Crippen LogP contribution is -2.49. The van der Waals surface area contributed by atoms with Gasteiger partial charge in [0.15, 0.2) is 0 Å². The van der Waals surface area contributed by atoms with Crippen molar-refractivity contribution in [2.24, 2.45) is 0 Å². The van der Waals surface area contributed by atoms with Crippen molar-refractivity contribution in [1.82, 2.24) is 15.2 Å². The van der Waals surface area contributed by atoms with Crippen LogP contribution in [-0.4, -0.2) is 36.5 Å². The molecule has 0 saturated carbocycles. The van der Waals surface area contributed by atoms with Crippen LogP contribution >= 0.6 is 12.6 Å². The van der Waals surface area contributed by atoms with Gasteiger partial charge in [0, 0.05) is 18.3 Å². The molecule has 0 unspecified atom stereocenters. The van der Waals surface area contributed by atoms with Gasteiger partial charge in [0.2, 0.25) is 10.0 Å². The molecule has 30 heavy (non-hydrogen) atoms. The van der Waals surface area contributed by atoms with E-state index in [0.717, 1.165) is 16.3 Å². The van der Waals surface area contributed by atoms with Gasteiger partial charge in [0.05, 0.1) is 4.90 Å². The average Bonchev–Trinajstić information content (AvgIpc) is 3.17. The van der Waals surface area contributed by atoms with Crippen LogP contribution in [-0.2, 0) is 21.4 Å². The molecule has 0 aliphatic carbocycles. The van der Waals surface area contributed by atoms with E-state index in [1.807, 2.05) is 54.6 Å². The summed E-state index contributed by atoms with van der Waals surface area (Å²) in [5, 5.41) is 1.60. The van der Waals surface area contributed by atoms with Crippen LogP contribution in [0.1, 0.15) is 12.0 Å². The largest absolute Gasteiger partial charge is 0.290 e. The number of hydrazine groups is 1. The molecular formula is C22H23N3O3S2. The Labute approximate surface area is 181 Å². The van der Waals surface area contributed by atoms with Crippen LogP contribution in [0.15, 0.2) is 77.7 Å². The summed E-state index contributed by atoms with van der Waals surface area (Å²) in [5.74, 6) is -0.383. The van der Waals surface area contributed by atoms with Crippen molar-refractivity contribution >= 4 is 39.3 Å². The van der Waals surface area contributed by atoms with Gasteiger partial charge in [0.25, 0.3) is 5.91 Å². The van der Waals surface area contributed by atoms with E-state index in [1.54, 1.807) is 18.2 Å². The Morgan fingerprint density at radius 2 is 1.70 bits per heavy atom. The molecule has 2 N–H and O–H groups in total. The minimum Gasteiger partial charge on any atom is -0.290 e. The highest BCUT2D eigenvalue weighted by Crippen LogP contribution is 2.30. The Balaban J connectivity index is 1.51. The van der Waals surface area contributed by atoms with Crippen molar-refractivity contribution in [3.8, 4) is 0 Å². The topological polar surface area (TPSA) is 78.5 Å². The van der Waals surface area contributed by atoms with Crippen LogP contribution in [0, 0.1) is 0 Å². The third kappa shape index (κ3) is 4.37. The number of carbonyl (C=O) groups is 1. The smallest absolute Gasteiger partial charge is 0.252 e. The molecule has 4 rings (SSSR count). The van der Waals surface area contributed by atoms with Crippen molar-refractivity contribution in [2.45, 2.75) is 29.2 Å². The number of sulfonamides is 1. The Hall–Kier alpha value is -2.39. The number of nitrogens with zero attached hydrogens (tertiary/aromatic N) is 1. The lowest BCUT2D eigenvalue weighted by molar-refractivity contribution is -0.125. The van der Waals surface area contributed by atoms with Gasteiger partial charge in [-0.15, -0.1) is 0 Å². The van der Waals surface area contributed by atoms with E-state index >= 15 is 0 Å². The Morgan fingerprint density at radius 3 is 2.47 bits per heavy atom. The highest BCUT2D eigenvalue weighted by Gasteiger charge is 2.42. The van der Waals surface area contributed by atoms with E-state index in [-0.39, 0.29) is 22.6 Å². The van der Waals surface area contributed by atoms with Crippen LogP contribution in [0.25, 0.3) is 10.8 Å². The number of benzene rings is 3. The van der Waals surface area contributed by atoms with E-state index in [9.17, 15) is 13.2 Å². The summed E-state index contributed by atoms with van der Waals surface area (Å²) < 4.78 is 27.9. The van der Waals surface area contributed by atoms with Gasteiger partial charge in [-0.05, 0) is 34.9 Å². The molecule has 1 heterocycles. The first kappa shape index (κ1) is 20.9. The van der Waals surface area contributed by atoms with E-state index in [2.05, 4.69) is 23.5 Å². The van der Waals surface area contributed by atoms with Crippen LogP contribution in [0.2, 0.25) is 0 Å². The van der Waals surface area contributed by atoms with Crippen molar-refractivity contribution < 1.29 is 13.2 Å². The number of fused-ring (bicyclic) bond motifs is 1. The minimum atomic E-state index is -3.84. The first-order valence-corrected chi connectivity index (χ1v) is 11.7. The van der Waals surface area contributed by atoms with Gasteiger partial charge in [0.1, 0.15) is 6.04 Å². The lowest BCUT2D eigenvalue weighted by atomic mass is 10.1. The molecule has 3 aromatic carbocycles. The van der Waals surface area contributed by atoms with Gasteiger partial charge < -0.3 is 0 Å². The molecule has 0 spiro atoms. The highest BCUT2D eigenvalue weighted by atomic mass is 32.2. The van der Waals surface area contributed by atoms with Crippen molar-refractivity contribution in [2.75, 3.05) is 6.54 Å². The first-order valence-electron chi connectivity index (χ1n) is 9.70. The lowest BCUT2D eigenvalue weighted by Gasteiger charge is -2.23. The summed E-state index contributed by atoms with van der Waals surface area (Å²) in [7, 11) is -3.84. The van der Waals surface area contributed by atoms with Crippen LogP contribution in [0.4, 0.5) is 0 Å². The van der Waals surface area contributed by atoms with Crippen molar-refractivity contribution in [3.05, 3.63) is 78.4 Å². The Bertz CT molecular complexity index is 1150. The third-order valence-electron chi connectivity index (χ3n) is 5.21. The predicted molar refractivity (Wildman–Crippen MR) is 120 cm³/mol. The number of nitrogens with one attached hydrogen (secondary N) is 2. The molecule has 0 aromatic heterocycles. The monoisotopic (exact) mass is 441 g/mol. The van der Waals surface area contributed by atoms with Crippen molar-refractivity contribution in [3.63, 3.8) is 0 Å². The van der Waals surface area contributed by atoms with Gasteiger partial charge in [-0.1, -0.05) is 60.7 Å². The second-order valence-corrected chi connectivity index (χ2v) is 9.94. The van der Waals surface area contributed by atoms with E-state index in [4.69, 9.17) is 0 Å². The number of hydrogen-bond acceptors (Lipinski definition) is 5. The van der Waals surface area contributed by atoms with Crippen LogP contribution in [0.3, 0.4) is 0 Å². The molecule has 8 heteroatoms. The molecule has 1 aliphatic heterocycles. The zero-order valence-corrected chi connectivity index (χ0v) is 17.9. The number of carbonyl (C=O) groups excluding carboxylic acids is 1. The summed E-state index contributed by atoms with van der Waals surface area (Å²) >= 11 is 4.45. The average molecular weight is 442 g/mol. The van der Waals surface area contributed by atoms with E-state index in [0.29, 0.717) is 13.0 Å². The maximum absolute atomic E-state index is 13.3. The molecule has 6 nitrogen and oxygen atoms in total. The van der Waals surface area contributed by atoms with Gasteiger partial charge >= 0.3 is 0 Å². The predicted octanol–water partition coefficient (Wildman–Crippen LogP) is 2.72. The molecule has 3 aromatic rings. The van der Waals surface area contributed by atoms with Crippen LogP contribution < -0.4 is 10.9 Å². The maximum Gasteiger partial charge on any atom is 0.252 e. The summed E-state index contributed by atoms with van der Waals surface area (Å²) in [5.41, 5.74) is 6.54. The third-order valence-corrected chi connectivity index (χ3v) is 7.46. The molecule has 1 amide bonds. The molecular weight excluding hydrogens is 418 g/mol. The standard InChI is InChI=1S/C22H23N3O3S2/c26-22(24-23-14-16-6-2-1-3-7-16)21-13-19(29)15-25(21)30(27,28)20-11-10-17-8-4-5-9-18(17)12-20/h1-12,19,21,23,29H,13-15H2,(H,24,26)/t19-,21+/m1/s1. The van der Waals surface area contributed by atoms with E-state index in [1.165, 1.54) is 4.31 Å². The van der Waals surface area contributed by atoms with Gasteiger partial charge in [-0.2, -0.15) is 16.9 Å². The second kappa shape index (κ2) is 8.77. The summed E-state index contributed by atoms with van der Waals surface area (Å²) in [6.07, 6.45) is 0.356. The second-order valence-electron chi connectivity index (χ2n) is 7.32. The van der Waals surface area contributed by atoms with Crippen LogP contribution in [0.5, 0.6) is 0 Å². The Morgan fingerprint density at radius 1 is 1.00 bits per heavy atom. The fraction of sp³-hybridized carbons (Fsp3) is 0.227. The quantitative estimate of drug-likeness (QED) is 0.406. The molecule has 1 saturated heterocycles. The summed E-state index contributed by atoms with van der Waals surface area (Å²) in [6, 6.07) is 21.4. The van der Waals surface area contributed by atoms with E-state index < -0.39 is 16.1 Å². The molecule has 156 valence electrons. The number of amides is 1. The summed E-state index contributed by atoms with van der Waals surface area (Å²) in [4.78, 5) is 12.9. The Kier molecular flexibility index (Phi) is 6.10. The molecule has 1 fully saturated rings. The SMILES string of the molecule is O=C(NNCc1ccccc1)[C@@H]1C[C@@H](S)CN1S(=O)(=O)c1ccc2ccccc2c1. The fourth-order valence-corrected chi connectivity index (χ4v) is 5.83. The molecule has 2 atom stereocenters. The number of thiol groups is 1. The number of hydrogen-bond donors (Lipinski definition) is 3. The highest BCUT2D eigenvalue weighted by molar-refractivity contribution is 7.89. The zero-order valence-electron chi connectivity index (χ0n) is 16.2. The molecule has 1 aliphatic rings.